The number of pyridine rings is 2. The minimum atomic E-state index is -0.189. The van der Waals surface area contributed by atoms with Gasteiger partial charge in [-0.25, -0.2) is 4.98 Å². The molecule has 0 atom stereocenters. The third-order valence-electron chi connectivity index (χ3n) is 4.34. The number of likely N-dealkylation sites (N-methyl/N-ethyl adjacent to an activating group) is 1. The fourth-order valence-electron chi connectivity index (χ4n) is 2.78. The Morgan fingerprint density at radius 2 is 2.00 bits per heavy atom. The monoisotopic (exact) mass is 341 g/mol. The summed E-state index contributed by atoms with van der Waals surface area (Å²) in [4.78, 5) is 32.7. The minimum Gasteiger partial charge on any atom is -0.354 e. The van der Waals surface area contributed by atoms with Gasteiger partial charge in [0.2, 0.25) is 5.91 Å². The van der Waals surface area contributed by atoms with Crippen molar-refractivity contribution in [2.45, 2.75) is 13.1 Å². The van der Waals surface area contributed by atoms with Crippen LogP contribution in [-0.2, 0) is 17.9 Å². The molecule has 25 heavy (non-hydrogen) atoms. The van der Waals surface area contributed by atoms with E-state index in [9.17, 15) is 9.59 Å². The zero-order chi connectivity index (χ0) is 17.6. The molecular formula is C18H23N5O2. The van der Waals surface area contributed by atoms with E-state index in [-0.39, 0.29) is 18.0 Å². The molecule has 0 spiro atoms. The number of nitrogens with one attached hydrogen (secondary N) is 1. The van der Waals surface area contributed by atoms with Gasteiger partial charge in [0.05, 0.1) is 0 Å². The predicted molar refractivity (Wildman–Crippen MR) is 96.5 cm³/mol. The molecule has 3 rings (SSSR count). The van der Waals surface area contributed by atoms with E-state index in [0.29, 0.717) is 6.54 Å². The van der Waals surface area contributed by atoms with E-state index in [1.54, 1.807) is 24.5 Å². The topological polar surface area (TPSA) is 70.5 Å². The van der Waals surface area contributed by atoms with Gasteiger partial charge in [-0.05, 0) is 30.8 Å². The highest BCUT2D eigenvalue weighted by Gasteiger charge is 2.15. The fourth-order valence-corrected chi connectivity index (χ4v) is 2.78. The number of nitrogens with zero attached hydrogens (tertiary/aromatic N) is 4. The molecule has 1 N–H and O–H groups in total. The van der Waals surface area contributed by atoms with Crippen LogP contribution in [0.4, 0.5) is 5.82 Å². The van der Waals surface area contributed by atoms with Gasteiger partial charge in [0, 0.05) is 51.2 Å². The maximum absolute atomic E-state index is 12.1. The van der Waals surface area contributed by atoms with E-state index < -0.39 is 0 Å². The van der Waals surface area contributed by atoms with Crippen molar-refractivity contribution in [1.82, 2.24) is 19.8 Å². The van der Waals surface area contributed by atoms with Crippen LogP contribution in [0.3, 0.4) is 0 Å². The maximum atomic E-state index is 12.1. The molecule has 1 amide bonds. The van der Waals surface area contributed by atoms with Gasteiger partial charge in [0.25, 0.3) is 5.56 Å². The van der Waals surface area contributed by atoms with Gasteiger partial charge in [-0.2, -0.15) is 0 Å². The second kappa shape index (κ2) is 7.94. The zero-order valence-electron chi connectivity index (χ0n) is 14.4. The molecule has 0 saturated carbocycles. The van der Waals surface area contributed by atoms with Crippen molar-refractivity contribution in [3.8, 4) is 0 Å². The molecule has 1 fully saturated rings. The van der Waals surface area contributed by atoms with E-state index in [1.165, 1.54) is 10.6 Å². The standard InChI is InChI=1S/C18H23N5O2/c1-21-8-10-22(11-9-21)16-12-15(5-6-19-16)13-20-17(24)14-23-7-3-2-4-18(23)25/h2-7,12H,8-11,13-14H2,1H3,(H,20,24). The normalized spacial score (nSPS) is 15.2. The minimum absolute atomic E-state index is 0.0239. The van der Waals surface area contributed by atoms with Crippen LogP contribution in [0.25, 0.3) is 0 Å². The Labute approximate surface area is 146 Å². The lowest BCUT2D eigenvalue weighted by atomic mass is 10.2. The number of carbonyl (C=O) groups is 1. The summed E-state index contributed by atoms with van der Waals surface area (Å²) in [7, 11) is 2.12. The lowest BCUT2D eigenvalue weighted by Crippen LogP contribution is -2.44. The van der Waals surface area contributed by atoms with Gasteiger partial charge >= 0.3 is 0 Å². The van der Waals surface area contributed by atoms with Gasteiger partial charge in [-0.15, -0.1) is 0 Å². The van der Waals surface area contributed by atoms with Gasteiger partial charge < -0.3 is 19.7 Å². The number of hydrogen-bond donors (Lipinski definition) is 1. The number of piperazine rings is 1. The highest BCUT2D eigenvalue weighted by molar-refractivity contribution is 5.75. The summed E-state index contributed by atoms with van der Waals surface area (Å²) in [6.45, 7) is 4.40. The molecule has 3 heterocycles. The Morgan fingerprint density at radius 3 is 2.76 bits per heavy atom. The highest BCUT2D eigenvalue weighted by Crippen LogP contribution is 2.14. The lowest BCUT2D eigenvalue weighted by Gasteiger charge is -2.33. The van der Waals surface area contributed by atoms with Crippen LogP contribution >= 0.6 is 0 Å². The van der Waals surface area contributed by atoms with Crippen molar-refractivity contribution in [1.29, 1.82) is 0 Å². The summed E-state index contributed by atoms with van der Waals surface area (Å²) in [6, 6.07) is 8.75. The second-order valence-corrected chi connectivity index (χ2v) is 6.26. The first kappa shape index (κ1) is 17.2. The van der Waals surface area contributed by atoms with Crippen molar-refractivity contribution in [3.05, 3.63) is 58.6 Å². The van der Waals surface area contributed by atoms with Crippen molar-refractivity contribution in [2.75, 3.05) is 38.1 Å². The van der Waals surface area contributed by atoms with Gasteiger partial charge in [0.15, 0.2) is 0 Å². The van der Waals surface area contributed by atoms with E-state index in [1.807, 2.05) is 12.1 Å². The SMILES string of the molecule is CN1CCN(c2cc(CNC(=O)Cn3ccccc3=O)ccn2)CC1. The average molecular weight is 341 g/mol. The number of rotatable bonds is 5. The van der Waals surface area contributed by atoms with Crippen molar-refractivity contribution < 1.29 is 4.79 Å². The molecule has 0 bridgehead atoms. The number of hydrogen-bond acceptors (Lipinski definition) is 5. The predicted octanol–water partition coefficient (Wildman–Crippen LogP) is 0.312. The molecule has 7 heteroatoms. The number of anilines is 1. The summed E-state index contributed by atoms with van der Waals surface area (Å²) >= 11 is 0. The molecule has 1 aliphatic rings. The molecule has 2 aromatic rings. The molecule has 7 nitrogen and oxygen atoms in total. The lowest BCUT2D eigenvalue weighted by molar-refractivity contribution is -0.121. The van der Waals surface area contributed by atoms with E-state index in [2.05, 4.69) is 27.1 Å². The molecule has 0 radical (unpaired) electrons. The van der Waals surface area contributed by atoms with Crippen LogP contribution < -0.4 is 15.8 Å². The fraction of sp³-hybridized carbons (Fsp3) is 0.389. The number of amides is 1. The molecular weight excluding hydrogens is 318 g/mol. The van der Waals surface area contributed by atoms with Gasteiger partial charge in [-0.1, -0.05) is 6.07 Å². The molecule has 1 aliphatic heterocycles. The van der Waals surface area contributed by atoms with Gasteiger partial charge in [0.1, 0.15) is 12.4 Å². The molecule has 1 saturated heterocycles. The summed E-state index contributed by atoms with van der Waals surface area (Å²) in [5.74, 6) is 0.755. The summed E-state index contributed by atoms with van der Waals surface area (Å²) < 4.78 is 1.39. The molecule has 0 unspecified atom stereocenters. The maximum Gasteiger partial charge on any atom is 0.250 e. The summed E-state index contributed by atoms with van der Waals surface area (Å²) in [6.07, 6.45) is 3.39. The largest absolute Gasteiger partial charge is 0.354 e. The van der Waals surface area contributed by atoms with Crippen LogP contribution in [0.1, 0.15) is 5.56 Å². The Hall–Kier alpha value is -2.67. The van der Waals surface area contributed by atoms with Gasteiger partial charge in [-0.3, -0.25) is 9.59 Å². The average Bonchev–Trinajstić information content (AvgIpc) is 2.63. The van der Waals surface area contributed by atoms with Crippen molar-refractivity contribution in [2.24, 2.45) is 0 Å². The van der Waals surface area contributed by atoms with Crippen LogP contribution in [0.5, 0.6) is 0 Å². The third-order valence-corrected chi connectivity index (χ3v) is 4.34. The van der Waals surface area contributed by atoms with Crippen LogP contribution in [-0.4, -0.2) is 53.6 Å². The molecule has 0 aliphatic carbocycles. The highest BCUT2D eigenvalue weighted by atomic mass is 16.2. The first-order valence-electron chi connectivity index (χ1n) is 8.42. The number of carbonyl (C=O) groups excluding carboxylic acids is 1. The molecule has 132 valence electrons. The Morgan fingerprint density at radius 1 is 1.20 bits per heavy atom. The first-order chi connectivity index (χ1) is 12.1. The first-order valence-corrected chi connectivity index (χ1v) is 8.42. The quantitative estimate of drug-likeness (QED) is 0.848. The molecule has 0 aromatic carbocycles. The summed E-state index contributed by atoms with van der Waals surface area (Å²) in [5.41, 5.74) is 0.816. The molecule has 2 aromatic heterocycles. The Balaban J connectivity index is 1.56. The zero-order valence-corrected chi connectivity index (χ0v) is 14.4. The van der Waals surface area contributed by atoms with Crippen LogP contribution in [0, 0.1) is 0 Å². The summed E-state index contributed by atoms with van der Waals surface area (Å²) in [5, 5.41) is 2.86. The van der Waals surface area contributed by atoms with E-state index >= 15 is 0 Å². The van der Waals surface area contributed by atoms with E-state index in [0.717, 1.165) is 37.6 Å². The smallest absolute Gasteiger partial charge is 0.250 e. The van der Waals surface area contributed by atoms with Crippen molar-refractivity contribution in [3.63, 3.8) is 0 Å². The second-order valence-electron chi connectivity index (χ2n) is 6.26. The third kappa shape index (κ3) is 4.67. The van der Waals surface area contributed by atoms with Crippen molar-refractivity contribution >= 4 is 11.7 Å². The van der Waals surface area contributed by atoms with E-state index in [4.69, 9.17) is 0 Å². The van der Waals surface area contributed by atoms with Crippen LogP contribution in [0.15, 0.2) is 47.5 Å². The Bertz CT molecular complexity index is 781. The Kier molecular flexibility index (Phi) is 5.45. The number of aromatic nitrogens is 2. The van der Waals surface area contributed by atoms with Crippen LogP contribution in [0.2, 0.25) is 0 Å².